The van der Waals surface area contributed by atoms with Gasteiger partial charge in [0.05, 0.1) is 12.0 Å². The highest BCUT2D eigenvalue weighted by atomic mass is 32.1. The summed E-state index contributed by atoms with van der Waals surface area (Å²) in [5.74, 6) is 2.91. The van der Waals surface area contributed by atoms with E-state index in [1.54, 1.807) is 11.3 Å². The zero-order valence-electron chi connectivity index (χ0n) is 17.3. The molecule has 1 fully saturated rings. The second-order valence-corrected chi connectivity index (χ2v) is 8.72. The van der Waals surface area contributed by atoms with Gasteiger partial charge >= 0.3 is 0 Å². The summed E-state index contributed by atoms with van der Waals surface area (Å²) in [6, 6.07) is 9.02. The maximum absolute atomic E-state index is 5.63. The third kappa shape index (κ3) is 3.48. The summed E-state index contributed by atoms with van der Waals surface area (Å²) in [4.78, 5) is 14.7. The smallest absolute Gasteiger partial charge is 0.141 e. The van der Waals surface area contributed by atoms with E-state index in [1.807, 2.05) is 13.8 Å². The standard InChI is InChI=1S/C23H29N3OS/c1-5-18-9-7-8-14-26(18)22-21-20(15(3)28-23(21)25-16(4)24-22)17-10-12-19(13-11-17)27-6-2/h10-13,18H,5-9,14H2,1-4H3. The lowest BCUT2D eigenvalue weighted by molar-refractivity contribution is 0.340. The fourth-order valence-corrected chi connectivity index (χ4v) is 5.43. The van der Waals surface area contributed by atoms with Crippen molar-refractivity contribution in [2.24, 2.45) is 0 Å². The van der Waals surface area contributed by atoms with Crippen molar-refractivity contribution in [3.8, 4) is 16.9 Å². The highest BCUT2D eigenvalue weighted by Gasteiger charge is 2.27. The third-order valence-corrected chi connectivity index (χ3v) is 6.64. The molecule has 4 rings (SSSR count). The number of rotatable bonds is 5. The van der Waals surface area contributed by atoms with Gasteiger partial charge in [0.25, 0.3) is 0 Å². The minimum atomic E-state index is 0.569. The zero-order chi connectivity index (χ0) is 19.7. The largest absolute Gasteiger partial charge is 0.494 e. The van der Waals surface area contributed by atoms with Gasteiger partial charge in [-0.2, -0.15) is 0 Å². The van der Waals surface area contributed by atoms with E-state index in [0.717, 1.165) is 35.2 Å². The molecular formula is C23H29N3OS. The Labute approximate surface area is 171 Å². The molecule has 1 aromatic carbocycles. The molecule has 1 unspecified atom stereocenters. The predicted molar refractivity (Wildman–Crippen MR) is 119 cm³/mol. The summed E-state index contributed by atoms with van der Waals surface area (Å²) >= 11 is 1.78. The Morgan fingerprint density at radius 3 is 2.61 bits per heavy atom. The number of hydrogen-bond acceptors (Lipinski definition) is 5. The van der Waals surface area contributed by atoms with E-state index in [4.69, 9.17) is 14.7 Å². The number of benzene rings is 1. The Kier molecular flexibility index (Phi) is 5.54. The molecule has 3 heterocycles. The SMILES string of the molecule is CCOc1ccc(-c2c(C)sc3nc(C)nc(N4CCCCC4CC)c23)cc1. The van der Waals surface area contributed by atoms with Crippen molar-refractivity contribution in [2.45, 2.75) is 59.4 Å². The lowest BCUT2D eigenvalue weighted by Crippen LogP contribution is -2.39. The second kappa shape index (κ2) is 8.08. The molecule has 0 radical (unpaired) electrons. The quantitative estimate of drug-likeness (QED) is 0.520. The Bertz CT molecular complexity index is 964. The minimum absolute atomic E-state index is 0.569. The van der Waals surface area contributed by atoms with Crippen LogP contribution in [0, 0.1) is 13.8 Å². The van der Waals surface area contributed by atoms with Gasteiger partial charge in [-0.1, -0.05) is 19.1 Å². The lowest BCUT2D eigenvalue weighted by atomic mass is 9.98. The summed E-state index contributed by atoms with van der Waals surface area (Å²) in [6.07, 6.45) is 4.97. The molecule has 0 aliphatic carbocycles. The van der Waals surface area contributed by atoms with Gasteiger partial charge in [0.2, 0.25) is 0 Å². The first kappa shape index (κ1) is 19.2. The molecule has 2 aromatic heterocycles. The van der Waals surface area contributed by atoms with Gasteiger partial charge in [0.15, 0.2) is 0 Å². The van der Waals surface area contributed by atoms with Crippen LogP contribution in [0.25, 0.3) is 21.3 Å². The Balaban J connectivity index is 1.88. The number of piperidine rings is 1. The summed E-state index contributed by atoms with van der Waals surface area (Å²) in [6.45, 7) is 10.3. The molecule has 28 heavy (non-hydrogen) atoms. The molecule has 1 saturated heterocycles. The Morgan fingerprint density at radius 1 is 1.11 bits per heavy atom. The summed E-state index contributed by atoms with van der Waals surface area (Å²) < 4.78 is 5.63. The molecule has 1 aliphatic rings. The van der Waals surface area contributed by atoms with Gasteiger partial charge in [-0.05, 0) is 64.2 Å². The highest BCUT2D eigenvalue weighted by Crippen LogP contribution is 2.43. The van der Waals surface area contributed by atoms with Crippen LogP contribution in [0.15, 0.2) is 24.3 Å². The van der Waals surface area contributed by atoms with Gasteiger partial charge < -0.3 is 9.64 Å². The van der Waals surface area contributed by atoms with Crippen molar-refractivity contribution in [3.63, 3.8) is 0 Å². The summed E-state index contributed by atoms with van der Waals surface area (Å²) in [7, 11) is 0. The van der Waals surface area contributed by atoms with E-state index < -0.39 is 0 Å². The van der Waals surface area contributed by atoms with Crippen LogP contribution in [0.2, 0.25) is 0 Å². The van der Waals surface area contributed by atoms with Crippen LogP contribution in [0.3, 0.4) is 0 Å². The molecule has 0 saturated carbocycles. The fourth-order valence-electron chi connectivity index (χ4n) is 4.34. The molecule has 148 valence electrons. The van der Waals surface area contributed by atoms with Crippen LogP contribution >= 0.6 is 11.3 Å². The highest BCUT2D eigenvalue weighted by molar-refractivity contribution is 7.19. The number of ether oxygens (including phenoxy) is 1. The van der Waals surface area contributed by atoms with Crippen LogP contribution in [0.5, 0.6) is 5.75 Å². The topological polar surface area (TPSA) is 38.3 Å². The normalized spacial score (nSPS) is 17.3. The number of aryl methyl sites for hydroxylation is 2. The minimum Gasteiger partial charge on any atom is -0.494 e. The summed E-state index contributed by atoms with van der Waals surface area (Å²) in [5.41, 5.74) is 2.49. The third-order valence-electron chi connectivity index (χ3n) is 5.64. The van der Waals surface area contributed by atoms with E-state index in [-0.39, 0.29) is 0 Å². The first-order valence-electron chi connectivity index (χ1n) is 10.4. The van der Waals surface area contributed by atoms with Crippen molar-refractivity contribution >= 4 is 27.4 Å². The van der Waals surface area contributed by atoms with Crippen LogP contribution in [-0.4, -0.2) is 29.2 Å². The molecular weight excluding hydrogens is 366 g/mol. The molecule has 1 aliphatic heterocycles. The lowest BCUT2D eigenvalue weighted by Gasteiger charge is -2.36. The number of thiophene rings is 1. The van der Waals surface area contributed by atoms with Crippen molar-refractivity contribution in [1.29, 1.82) is 0 Å². The maximum atomic E-state index is 5.63. The van der Waals surface area contributed by atoms with E-state index >= 15 is 0 Å². The van der Waals surface area contributed by atoms with E-state index in [2.05, 4.69) is 43.0 Å². The molecule has 0 amide bonds. The van der Waals surface area contributed by atoms with Gasteiger partial charge in [0.1, 0.15) is 22.2 Å². The maximum Gasteiger partial charge on any atom is 0.141 e. The number of nitrogens with zero attached hydrogens (tertiary/aromatic N) is 3. The molecule has 0 spiro atoms. The van der Waals surface area contributed by atoms with Crippen molar-refractivity contribution in [1.82, 2.24) is 9.97 Å². The second-order valence-electron chi connectivity index (χ2n) is 7.52. The monoisotopic (exact) mass is 395 g/mol. The van der Waals surface area contributed by atoms with Gasteiger partial charge in [-0.25, -0.2) is 9.97 Å². The van der Waals surface area contributed by atoms with E-state index in [9.17, 15) is 0 Å². The Hall–Kier alpha value is -2.14. The van der Waals surface area contributed by atoms with Gasteiger partial charge in [-0.15, -0.1) is 11.3 Å². The van der Waals surface area contributed by atoms with Gasteiger partial charge in [0, 0.05) is 23.0 Å². The van der Waals surface area contributed by atoms with Crippen LogP contribution in [0.1, 0.15) is 50.2 Å². The number of fused-ring (bicyclic) bond motifs is 1. The van der Waals surface area contributed by atoms with E-state index in [0.29, 0.717) is 12.6 Å². The molecule has 0 bridgehead atoms. The van der Waals surface area contributed by atoms with E-state index in [1.165, 1.54) is 40.7 Å². The predicted octanol–water partition coefficient (Wildman–Crippen LogP) is 6.14. The van der Waals surface area contributed by atoms with Crippen molar-refractivity contribution in [3.05, 3.63) is 35.0 Å². The Morgan fingerprint density at radius 2 is 1.89 bits per heavy atom. The average molecular weight is 396 g/mol. The van der Waals surface area contributed by atoms with Crippen LogP contribution < -0.4 is 9.64 Å². The molecule has 0 N–H and O–H groups in total. The zero-order valence-corrected chi connectivity index (χ0v) is 18.1. The van der Waals surface area contributed by atoms with Crippen molar-refractivity contribution < 1.29 is 4.74 Å². The molecule has 3 aromatic rings. The van der Waals surface area contributed by atoms with Crippen LogP contribution in [-0.2, 0) is 0 Å². The average Bonchev–Trinajstić information content (AvgIpc) is 3.03. The number of anilines is 1. The van der Waals surface area contributed by atoms with Crippen LogP contribution in [0.4, 0.5) is 5.82 Å². The fraction of sp³-hybridized carbons (Fsp3) is 0.478. The molecule has 1 atom stereocenters. The first-order chi connectivity index (χ1) is 13.6. The molecule has 5 heteroatoms. The first-order valence-corrected chi connectivity index (χ1v) is 11.2. The molecule has 4 nitrogen and oxygen atoms in total. The van der Waals surface area contributed by atoms with Gasteiger partial charge in [-0.3, -0.25) is 0 Å². The summed E-state index contributed by atoms with van der Waals surface area (Å²) in [5, 5.41) is 1.22. The number of hydrogen-bond donors (Lipinski definition) is 0. The van der Waals surface area contributed by atoms with Crippen molar-refractivity contribution in [2.75, 3.05) is 18.1 Å². The number of aromatic nitrogens is 2.